The van der Waals surface area contributed by atoms with E-state index in [1.165, 1.54) is 9.80 Å². The fraction of sp³-hybridized carbons (Fsp3) is 0.292. The SMILES string of the molecule is C#CCN1C(=O)CN(C(Cl)Cc2ccc(Cl)cc2)C(=O)C1CC(=O)NCc1ccccc1. The third kappa shape index (κ3) is 6.03. The molecule has 2 unspecified atom stereocenters. The van der Waals surface area contributed by atoms with Crippen molar-refractivity contribution in [3.05, 3.63) is 70.7 Å². The Hall–Kier alpha value is -3.01. The molecule has 8 heteroatoms. The molecule has 3 rings (SSSR count). The van der Waals surface area contributed by atoms with Crippen molar-refractivity contribution < 1.29 is 14.4 Å². The molecule has 0 aliphatic carbocycles. The molecule has 0 saturated carbocycles. The Morgan fingerprint density at radius 1 is 1.12 bits per heavy atom. The van der Waals surface area contributed by atoms with Crippen LogP contribution in [-0.2, 0) is 27.3 Å². The number of carbonyl (C=O) groups is 3. The predicted molar refractivity (Wildman–Crippen MR) is 124 cm³/mol. The van der Waals surface area contributed by atoms with Gasteiger partial charge in [-0.05, 0) is 23.3 Å². The number of rotatable bonds is 8. The number of alkyl halides is 1. The van der Waals surface area contributed by atoms with E-state index in [-0.39, 0.29) is 31.3 Å². The highest BCUT2D eigenvalue weighted by Gasteiger charge is 2.42. The van der Waals surface area contributed by atoms with Crippen LogP contribution >= 0.6 is 23.2 Å². The first kappa shape index (κ1) is 23.6. The second kappa shape index (κ2) is 11.0. The van der Waals surface area contributed by atoms with Gasteiger partial charge in [0.25, 0.3) is 0 Å². The number of nitrogens with one attached hydrogen (secondary N) is 1. The summed E-state index contributed by atoms with van der Waals surface area (Å²) in [5.74, 6) is 1.30. The Morgan fingerprint density at radius 2 is 1.81 bits per heavy atom. The lowest BCUT2D eigenvalue weighted by Gasteiger charge is -2.41. The molecule has 1 saturated heterocycles. The molecule has 0 spiro atoms. The van der Waals surface area contributed by atoms with Crippen LogP contribution in [0, 0.1) is 12.3 Å². The Balaban J connectivity index is 1.70. The monoisotopic (exact) mass is 471 g/mol. The minimum atomic E-state index is -1.01. The zero-order valence-corrected chi connectivity index (χ0v) is 18.9. The van der Waals surface area contributed by atoms with Crippen molar-refractivity contribution in [3.8, 4) is 12.3 Å². The van der Waals surface area contributed by atoms with Crippen molar-refractivity contribution >= 4 is 40.9 Å². The molecule has 6 nitrogen and oxygen atoms in total. The number of amides is 3. The average molecular weight is 472 g/mol. The summed E-state index contributed by atoms with van der Waals surface area (Å²) >= 11 is 12.4. The Labute approximate surface area is 197 Å². The highest BCUT2D eigenvalue weighted by atomic mass is 35.5. The molecule has 0 radical (unpaired) electrons. The Morgan fingerprint density at radius 3 is 2.47 bits per heavy atom. The van der Waals surface area contributed by atoms with Crippen LogP contribution in [0.2, 0.25) is 5.02 Å². The van der Waals surface area contributed by atoms with Gasteiger partial charge in [0.1, 0.15) is 18.1 Å². The normalized spacial score (nSPS) is 17.1. The number of piperazine rings is 1. The molecular formula is C24H23Cl2N3O3. The summed E-state index contributed by atoms with van der Waals surface area (Å²) in [6.07, 6.45) is 5.54. The maximum Gasteiger partial charge on any atom is 0.247 e. The van der Waals surface area contributed by atoms with E-state index in [9.17, 15) is 14.4 Å². The molecule has 166 valence electrons. The maximum atomic E-state index is 13.2. The molecule has 2 aromatic rings. The van der Waals surface area contributed by atoms with E-state index in [4.69, 9.17) is 29.6 Å². The van der Waals surface area contributed by atoms with Gasteiger partial charge in [0.15, 0.2) is 0 Å². The number of hydrogen-bond acceptors (Lipinski definition) is 3. The van der Waals surface area contributed by atoms with Crippen molar-refractivity contribution in [1.82, 2.24) is 15.1 Å². The second-order valence-corrected chi connectivity index (χ2v) is 8.38. The van der Waals surface area contributed by atoms with Gasteiger partial charge in [-0.25, -0.2) is 0 Å². The van der Waals surface area contributed by atoms with Crippen molar-refractivity contribution in [3.63, 3.8) is 0 Å². The van der Waals surface area contributed by atoms with Gasteiger partial charge in [-0.15, -0.1) is 6.42 Å². The fourth-order valence-corrected chi connectivity index (χ4v) is 3.98. The number of terminal acetylenes is 1. The molecule has 1 heterocycles. The van der Waals surface area contributed by atoms with E-state index < -0.39 is 17.5 Å². The van der Waals surface area contributed by atoms with E-state index in [0.717, 1.165) is 11.1 Å². The molecule has 1 aliphatic rings. The Kier molecular flexibility index (Phi) is 8.15. The van der Waals surface area contributed by atoms with Gasteiger partial charge in [0.2, 0.25) is 17.7 Å². The standard InChI is InChI=1S/C24H23Cl2N3O3/c1-2-12-28-20(14-22(30)27-15-18-6-4-3-5-7-18)24(32)29(16-23(28)31)21(26)13-17-8-10-19(25)11-9-17/h1,3-11,20-21H,12-16H2,(H,27,30). The number of hydrogen-bond donors (Lipinski definition) is 1. The van der Waals surface area contributed by atoms with Gasteiger partial charge in [-0.1, -0.05) is 71.6 Å². The zero-order valence-electron chi connectivity index (χ0n) is 17.3. The highest BCUT2D eigenvalue weighted by Crippen LogP contribution is 2.22. The van der Waals surface area contributed by atoms with Crippen LogP contribution in [0.25, 0.3) is 0 Å². The molecule has 1 N–H and O–H groups in total. The van der Waals surface area contributed by atoms with Gasteiger partial charge < -0.3 is 15.1 Å². The van der Waals surface area contributed by atoms with Crippen LogP contribution in [0.15, 0.2) is 54.6 Å². The lowest BCUT2D eigenvalue weighted by atomic mass is 10.0. The first-order valence-corrected chi connectivity index (χ1v) is 10.9. The van der Waals surface area contributed by atoms with Crippen LogP contribution in [0.1, 0.15) is 17.5 Å². The van der Waals surface area contributed by atoms with Crippen LogP contribution < -0.4 is 5.32 Å². The van der Waals surface area contributed by atoms with E-state index >= 15 is 0 Å². The van der Waals surface area contributed by atoms with E-state index in [1.807, 2.05) is 42.5 Å². The first-order valence-electron chi connectivity index (χ1n) is 10.1. The summed E-state index contributed by atoms with van der Waals surface area (Å²) in [4.78, 5) is 41.1. The largest absolute Gasteiger partial charge is 0.352 e. The van der Waals surface area contributed by atoms with Gasteiger partial charge in [-0.3, -0.25) is 14.4 Å². The van der Waals surface area contributed by atoms with Crippen molar-refractivity contribution in [1.29, 1.82) is 0 Å². The number of benzene rings is 2. The van der Waals surface area contributed by atoms with E-state index in [0.29, 0.717) is 18.0 Å². The van der Waals surface area contributed by atoms with Crippen LogP contribution in [-0.4, -0.2) is 52.2 Å². The van der Waals surface area contributed by atoms with Gasteiger partial charge in [-0.2, -0.15) is 0 Å². The predicted octanol–water partition coefficient (Wildman–Crippen LogP) is 2.83. The molecule has 0 bridgehead atoms. The van der Waals surface area contributed by atoms with Crippen molar-refractivity contribution in [2.24, 2.45) is 0 Å². The minimum Gasteiger partial charge on any atom is -0.352 e. The van der Waals surface area contributed by atoms with Crippen LogP contribution in [0.3, 0.4) is 0 Å². The molecule has 2 atom stereocenters. The number of halogens is 2. The smallest absolute Gasteiger partial charge is 0.247 e. The third-order valence-electron chi connectivity index (χ3n) is 5.20. The van der Waals surface area contributed by atoms with Crippen LogP contribution in [0.4, 0.5) is 0 Å². The summed E-state index contributed by atoms with van der Waals surface area (Å²) < 4.78 is 0. The molecule has 32 heavy (non-hydrogen) atoms. The molecule has 1 aliphatic heterocycles. The quantitative estimate of drug-likeness (QED) is 0.365. The molecule has 1 fully saturated rings. The molecule has 3 amide bonds. The maximum absolute atomic E-state index is 13.2. The Bertz CT molecular complexity index is 1010. The summed E-state index contributed by atoms with van der Waals surface area (Å²) in [6.45, 7) is 0.0751. The van der Waals surface area contributed by atoms with Crippen molar-refractivity contribution in [2.45, 2.75) is 30.9 Å². The van der Waals surface area contributed by atoms with Gasteiger partial charge >= 0.3 is 0 Å². The summed E-state index contributed by atoms with van der Waals surface area (Å²) in [7, 11) is 0. The molecule has 2 aromatic carbocycles. The minimum absolute atomic E-state index is 0.0564. The topological polar surface area (TPSA) is 69.7 Å². The third-order valence-corrected chi connectivity index (χ3v) is 5.84. The first-order chi connectivity index (χ1) is 15.4. The van der Waals surface area contributed by atoms with Crippen molar-refractivity contribution in [2.75, 3.05) is 13.1 Å². The highest BCUT2D eigenvalue weighted by molar-refractivity contribution is 6.30. The average Bonchev–Trinajstić information content (AvgIpc) is 2.79. The number of carbonyl (C=O) groups excluding carboxylic acids is 3. The summed E-state index contributed by atoms with van der Waals surface area (Å²) in [6, 6.07) is 15.5. The zero-order chi connectivity index (χ0) is 23.1. The second-order valence-electron chi connectivity index (χ2n) is 7.44. The lowest BCUT2D eigenvalue weighted by molar-refractivity contribution is -0.157. The fourth-order valence-electron chi connectivity index (χ4n) is 3.51. The summed E-state index contributed by atoms with van der Waals surface area (Å²) in [5, 5.41) is 3.38. The van der Waals surface area contributed by atoms with E-state index in [2.05, 4.69) is 11.2 Å². The van der Waals surface area contributed by atoms with Gasteiger partial charge in [0, 0.05) is 18.0 Å². The molecular weight excluding hydrogens is 449 g/mol. The van der Waals surface area contributed by atoms with E-state index in [1.54, 1.807) is 12.1 Å². The van der Waals surface area contributed by atoms with Gasteiger partial charge in [0.05, 0.1) is 13.0 Å². The molecule has 0 aromatic heterocycles. The van der Waals surface area contributed by atoms with Crippen LogP contribution in [0.5, 0.6) is 0 Å². The lowest BCUT2D eigenvalue weighted by Crippen LogP contribution is -2.62. The number of nitrogens with zero attached hydrogens (tertiary/aromatic N) is 2. The summed E-state index contributed by atoms with van der Waals surface area (Å²) in [5.41, 5.74) is 1.05.